The number of alkyl halides is 1. The molecule has 9 heteroatoms. The van der Waals surface area contributed by atoms with Crippen LogP contribution in [0.25, 0.3) is 11.0 Å². The van der Waals surface area contributed by atoms with E-state index in [9.17, 15) is 14.3 Å². The van der Waals surface area contributed by atoms with Crippen molar-refractivity contribution in [3.8, 4) is 0 Å². The first kappa shape index (κ1) is 13.0. The van der Waals surface area contributed by atoms with Gasteiger partial charge >= 0.3 is 0 Å². The van der Waals surface area contributed by atoms with Gasteiger partial charge in [0.05, 0.1) is 12.0 Å². The van der Waals surface area contributed by atoms with Crippen molar-refractivity contribution in [2.75, 3.05) is 12.3 Å². The number of aliphatic hydroxyl groups is 2. The molecule has 20 heavy (non-hydrogen) atoms. The van der Waals surface area contributed by atoms with E-state index in [0.29, 0.717) is 0 Å². The Morgan fingerprint density at radius 1 is 1.60 bits per heavy atom. The van der Waals surface area contributed by atoms with Gasteiger partial charge in [0.1, 0.15) is 12.2 Å². The SMILES string of the molecule is Nc1nc2c(ccn2[C@H]2O[C@@H](CO)[C@H](O)[C@@H]2F)c(=O)[nH]1. The molecule has 1 fully saturated rings. The second-order valence-electron chi connectivity index (χ2n) is 4.59. The second kappa shape index (κ2) is 4.54. The maximum atomic E-state index is 14.1. The maximum absolute atomic E-state index is 14.1. The number of hydrogen-bond donors (Lipinski definition) is 4. The van der Waals surface area contributed by atoms with Crippen molar-refractivity contribution in [2.45, 2.75) is 24.6 Å². The molecule has 3 rings (SSSR count). The van der Waals surface area contributed by atoms with Crippen molar-refractivity contribution in [2.24, 2.45) is 0 Å². The third-order valence-electron chi connectivity index (χ3n) is 3.35. The molecule has 2 aromatic heterocycles. The summed E-state index contributed by atoms with van der Waals surface area (Å²) in [7, 11) is 0. The highest BCUT2D eigenvalue weighted by Gasteiger charge is 2.45. The Kier molecular flexibility index (Phi) is 2.96. The normalized spacial score (nSPS) is 30.1. The van der Waals surface area contributed by atoms with E-state index >= 15 is 0 Å². The molecule has 4 atom stereocenters. The first-order valence-corrected chi connectivity index (χ1v) is 5.97. The quantitative estimate of drug-likeness (QED) is 0.554. The molecule has 0 spiro atoms. The van der Waals surface area contributed by atoms with Crippen LogP contribution in [-0.2, 0) is 4.74 Å². The smallest absolute Gasteiger partial charge is 0.261 e. The zero-order valence-electron chi connectivity index (χ0n) is 10.2. The van der Waals surface area contributed by atoms with Crippen molar-refractivity contribution in [1.82, 2.24) is 14.5 Å². The molecule has 3 heterocycles. The molecule has 0 saturated carbocycles. The monoisotopic (exact) mass is 284 g/mol. The van der Waals surface area contributed by atoms with Crippen LogP contribution in [0.3, 0.4) is 0 Å². The van der Waals surface area contributed by atoms with Gasteiger partial charge in [-0.15, -0.1) is 0 Å². The number of nitrogens with two attached hydrogens (primary N) is 1. The van der Waals surface area contributed by atoms with Crippen LogP contribution in [0.4, 0.5) is 10.3 Å². The van der Waals surface area contributed by atoms with Gasteiger partial charge in [0, 0.05) is 6.20 Å². The van der Waals surface area contributed by atoms with Gasteiger partial charge in [-0.1, -0.05) is 0 Å². The van der Waals surface area contributed by atoms with Gasteiger partial charge in [-0.2, -0.15) is 4.98 Å². The van der Waals surface area contributed by atoms with E-state index < -0.39 is 36.8 Å². The van der Waals surface area contributed by atoms with Crippen LogP contribution in [0.5, 0.6) is 0 Å². The number of ether oxygens (including phenoxy) is 1. The summed E-state index contributed by atoms with van der Waals surface area (Å²) in [5.74, 6) is -0.102. The Morgan fingerprint density at radius 2 is 2.35 bits per heavy atom. The molecular weight excluding hydrogens is 271 g/mol. The van der Waals surface area contributed by atoms with Gasteiger partial charge in [-0.3, -0.25) is 9.78 Å². The van der Waals surface area contributed by atoms with E-state index in [0.717, 1.165) is 0 Å². The van der Waals surface area contributed by atoms with Crippen LogP contribution < -0.4 is 11.3 Å². The maximum Gasteiger partial charge on any atom is 0.261 e. The van der Waals surface area contributed by atoms with Gasteiger partial charge in [-0.25, -0.2) is 4.39 Å². The molecule has 1 saturated heterocycles. The number of nitrogen functional groups attached to an aromatic ring is 1. The van der Waals surface area contributed by atoms with Crippen LogP contribution in [0.1, 0.15) is 6.23 Å². The van der Waals surface area contributed by atoms with Crippen LogP contribution in [0.2, 0.25) is 0 Å². The van der Waals surface area contributed by atoms with E-state index in [1.54, 1.807) is 0 Å². The zero-order valence-corrected chi connectivity index (χ0v) is 10.2. The van der Waals surface area contributed by atoms with Gasteiger partial charge in [0.15, 0.2) is 18.0 Å². The highest BCUT2D eigenvalue weighted by atomic mass is 19.1. The van der Waals surface area contributed by atoms with Crippen molar-refractivity contribution in [3.05, 3.63) is 22.6 Å². The average molecular weight is 284 g/mol. The minimum absolute atomic E-state index is 0.102. The summed E-state index contributed by atoms with van der Waals surface area (Å²) in [6.07, 6.45) is -3.96. The molecule has 2 aromatic rings. The second-order valence-corrected chi connectivity index (χ2v) is 4.59. The summed E-state index contributed by atoms with van der Waals surface area (Å²) in [5.41, 5.74) is 5.17. The van der Waals surface area contributed by atoms with E-state index in [4.69, 9.17) is 15.6 Å². The Balaban J connectivity index is 2.09. The summed E-state index contributed by atoms with van der Waals surface area (Å²) in [5, 5.41) is 18.9. The van der Waals surface area contributed by atoms with Crippen LogP contribution in [0, 0.1) is 0 Å². The fraction of sp³-hybridized carbons (Fsp3) is 0.455. The van der Waals surface area contributed by atoms with Crippen LogP contribution in [-0.4, -0.2) is 49.7 Å². The predicted molar refractivity (Wildman–Crippen MR) is 66.7 cm³/mol. The molecule has 108 valence electrons. The number of aliphatic hydroxyl groups excluding tert-OH is 2. The zero-order chi connectivity index (χ0) is 14.4. The number of nitrogens with zero attached hydrogens (tertiary/aromatic N) is 2. The fourth-order valence-electron chi connectivity index (χ4n) is 2.34. The lowest BCUT2D eigenvalue weighted by Gasteiger charge is -2.15. The van der Waals surface area contributed by atoms with Crippen molar-refractivity contribution in [3.63, 3.8) is 0 Å². The summed E-state index contributed by atoms with van der Waals surface area (Å²) >= 11 is 0. The molecule has 5 N–H and O–H groups in total. The van der Waals surface area contributed by atoms with E-state index in [2.05, 4.69) is 9.97 Å². The van der Waals surface area contributed by atoms with Gasteiger partial charge in [-0.05, 0) is 6.07 Å². The molecule has 0 aliphatic carbocycles. The molecule has 1 aliphatic rings. The summed E-state index contributed by atoms with van der Waals surface area (Å²) < 4.78 is 20.6. The van der Waals surface area contributed by atoms with Crippen molar-refractivity contribution >= 4 is 17.0 Å². The number of rotatable bonds is 2. The topological polar surface area (TPSA) is 126 Å². The minimum Gasteiger partial charge on any atom is -0.394 e. The molecule has 0 radical (unpaired) electrons. The number of aromatic nitrogens is 3. The summed E-state index contributed by atoms with van der Waals surface area (Å²) in [6.45, 7) is -0.507. The third kappa shape index (κ3) is 1.79. The lowest BCUT2D eigenvalue weighted by Crippen LogP contribution is -2.30. The Labute approximate surface area is 111 Å². The third-order valence-corrected chi connectivity index (χ3v) is 3.35. The number of hydrogen-bond acceptors (Lipinski definition) is 6. The molecule has 1 aliphatic heterocycles. The van der Waals surface area contributed by atoms with Gasteiger partial charge in [0.25, 0.3) is 5.56 Å². The summed E-state index contributed by atoms with van der Waals surface area (Å²) in [6, 6.07) is 1.45. The Bertz CT molecular complexity index is 699. The van der Waals surface area contributed by atoms with Gasteiger partial charge in [0.2, 0.25) is 5.95 Å². The number of aromatic amines is 1. The number of fused-ring (bicyclic) bond motifs is 1. The average Bonchev–Trinajstić information content (AvgIpc) is 2.93. The number of anilines is 1. The Hall–Kier alpha value is -1.97. The lowest BCUT2D eigenvalue weighted by atomic mass is 10.1. The Morgan fingerprint density at radius 3 is 3.00 bits per heavy atom. The van der Waals surface area contributed by atoms with E-state index in [1.165, 1.54) is 16.8 Å². The number of halogens is 1. The van der Waals surface area contributed by atoms with Crippen LogP contribution >= 0.6 is 0 Å². The number of nitrogens with one attached hydrogen (secondary N) is 1. The van der Waals surface area contributed by atoms with Gasteiger partial charge < -0.3 is 25.3 Å². The standard InChI is InChI=1S/C11H13FN4O4/c12-6-7(18)5(3-17)20-10(6)16-2-1-4-8(16)14-11(13)15-9(4)19/h1-2,5-7,10,17-18H,3H2,(H3,13,14,15,19)/t5-,6-,7-,10-/m0/s1. The molecular formula is C11H13FN4O4. The van der Waals surface area contributed by atoms with Crippen molar-refractivity contribution < 1.29 is 19.3 Å². The van der Waals surface area contributed by atoms with E-state index in [-0.39, 0.29) is 17.0 Å². The van der Waals surface area contributed by atoms with Crippen LogP contribution in [0.15, 0.2) is 17.1 Å². The predicted octanol–water partition coefficient (Wildman–Crippen LogP) is -1.10. The molecule has 0 aromatic carbocycles. The first-order chi connectivity index (χ1) is 9.52. The lowest BCUT2D eigenvalue weighted by molar-refractivity contribution is -0.0457. The molecule has 0 bridgehead atoms. The summed E-state index contributed by atoms with van der Waals surface area (Å²) in [4.78, 5) is 18.0. The minimum atomic E-state index is -1.75. The van der Waals surface area contributed by atoms with Crippen molar-refractivity contribution in [1.29, 1.82) is 0 Å². The molecule has 0 unspecified atom stereocenters. The molecule has 0 amide bonds. The molecule has 8 nitrogen and oxygen atoms in total. The highest BCUT2D eigenvalue weighted by molar-refractivity contribution is 5.76. The highest BCUT2D eigenvalue weighted by Crippen LogP contribution is 2.33. The fourth-order valence-corrected chi connectivity index (χ4v) is 2.34. The number of H-pyrrole nitrogens is 1. The largest absolute Gasteiger partial charge is 0.394 e. The van der Waals surface area contributed by atoms with E-state index in [1.807, 2.05) is 0 Å². The first-order valence-electron chi connectivity index (χ1n) is 5.97.